The largest absolute Gasteiger partial charge is 0.388 e. The minimum Gasteiger partial charge on any atom is -0.388 e. The average Bonchev–Trinajstić information content (AvgIpc) is 2.64. The van der Waals surface area contributed by atoms with Crippen LogP contribution >= 0.6 is 11.6 Å². The second-order valence-corrected chi connectivity index (χ2v) is 5.03. The second kappa shape index (κ2) is 4.39. The predicted octanol–water partition coefficient (Wildman–Crippen LogP) is 3.20. The van der Waals surface area contributed by atoms with Gasteiger partial charge in [0.2, 0.25) is 0 Å². The first-order valence-electron chi connectivity index (χ1n) is 5.89. The maximum absolute atomic E-state index is 10.3. The van der Waals surface area contributed by atoms with Crippen molar-refractivity contribution in [1.29, 1.82) is 0 Å². The van der Waals surface area contributed by atoms with Gasteiger partial charge in [0, 0.05) is 10.9 Å². The van der Waals surface area contributed by atoms with Gasteiger partial charge in [0.1, 0.15) is 0 Å². The van der Waals surface area contributed by atoms with E-state index in [4.69, 9.17) is 11.6 Å². The van der Waals surface area contributed by atoms with Gasteiger partial charge in [0.05, 0.1) is 12.2 Å². The van der Waals surface area contributed by atoms with E-state index in [0.29, 0.717) is 5.02 Å². The van der Waals surface area contributed by atoms with Gasteiger partial charge in [0.15, 0.2) is 0 Å². The van der Waals surface area contributed by atoms with E-state index in [1.807, 2.05) is 36.4 Å². The van der Waals surface area contributed by atoms with E-state index in [1.54, 1.807) is 12.1 Å². The molecule has 0 saturated carbocycles. The zero-order valence-electron chi connectivity index (χ0n) is 9.62. The molecule has 0 aliphatic heterocycles. The van der Waals surface area contributed by atoms with Crippen molar-refractivity contribution >= 4 is 11.6 Å². The monoisotopic (exact) mass is 260 g/mol. The third-order valence-corrected chi connectivity index (χ3v) is 3.82. The summed E-state index contributed by atoms with van der Waals surface area (Å²) in [5.41, 5.74) is 2.52. The number of hydrogen-bond acceptors (Lipinski definition) is 2. The molecule has 3 rings (SSSR count). The molecule has 0 radical (unpaired) electrons. The van der Waals surface area contributed by atoms with Crippen molar-refractivity contribution in [2.24, 2.45) is 0 Å². The Kier molecular flexibility index (Phi) is 2.86. The SMILES string of the molecule is O[C@@H]1c2ccccc2[C@H](O)C1c1ccc(Cl)cc1. The Hall–Kier alpha value is -1.35. The molecular weight excluding hydrogens is 248 g/mol. The number of benzene rings is 2. The third-order valence-electron chi connectivity index (χ3n) is 3.57. The molecule has 1 unspecified atom stereocenters. The molecule has 3 atom stereocenters. The van der Waals surface area contributed by atoms with E-state index < -0.39 is 12.2 Å². The summed E-state index contributed by atoms with van der Waals surface area (Å²) in [6, 6.07) is 14.7. The van der Waals surface area contributed by atoms with Crippen LogP contribution in [0.2, 0.25) is 5.02 Å². The number of aliphatic hydroxyl groups is 2. The maximum Gasteiger partial charge on any atom is 0.0890 e. The van der Waals surface area contributed by atoms with Gasteiger partial charge >= 0.3 is 0 Å². The Morgan fingerprint density at radius 1 is 0.778 bits per heavy atom. The first kappa shape index (κ1) is 11.7. The van der Waals surface area contributed by atoms with E-state index in [0.717, 1.165) is 16.7 Å². The van der Waals surface area contributed by atoms with Crippen LogP contribution in [-0.2, 0) is 0 Å². The quantitative estimate of drug-likeness (QED) is 0.827. The molecule has 0 heterocycles. The number of rotatable bonds is 1. The van der Waals surface area contributed by atoms with E-state index in [9.17, 15) is 10.2 Å². The molecule has 3 heteroatoms. The summed E-state index contributed by atoms with van der Waals surface area (Å²) < 4.78 is 0. The Bertz CT molecular complexity index is 536. The van der Waals surface area contributed by atoms with Crippen LogP contribution in [0.5, 0.6) is 0 Å². The predicted molar refractivity (Wildman–Crippen MR) is 70.6 cm³/mol. The summed E-state index contributed by atoms with van der Waals surface area (Å²) in [7, 11) is 0. The number of hydrogen-bond donors (Lipinski definition) is 2. The van der Waals surface area contributed by atoms with Crippen LogP contribution in [0.15, 0.2) is 48.5 Å². The number of halogens is 1. The fourth-order valence-electron chi connectivity index (χ4n) is 2.66. The van der Waals surface area contributed by atoms with E-state index >= 15 is 0 Å². The van der Waals surface area contributed by atoms with E-state index in [2.05, 4.69) is 0 Å². The molecule has 1 aliphatic rings. The fraction of sp³-hybridized carbons (Fsp3) is 0.200. The molecule has 0 bridgehead atoms. The van der Waals surface area contributed by atoms with Gasteiger partial charge in [0.25, 0.3) is 0 Å². The van der Waals surface area contributed by atoms with Crippen molar-refractivity contribution < 1.29 is 10.2 Å². The summed E-state index contributed by atoms with van der Waals surface area (Å²) in [6.07, 6.45) is -1.34. The van der Waals surface area contributed by atoms with Gasteiger partial charge < -0.3 is 10.2 Å². The van der Waals surface area contributed by atoms with Crippen molar-refractivity contribution in [2.75, 3.05) is 0 Å². The third kappa shape index (κ3) is 1.74. The minimum atomic E-state index is -0.669. The molecule has 1 aliphatic carbocycles. The van der Waals surface area contributed by atoms with Crippen LogP contribution in [0.3, 0.4) is 0 Å². The van der Waals surface area contributed by atoms with Gasteiger partial charge in [-0.2, -0.15) is 0 Å². The van der Waals surface area contributed by atoms with Crippen molar-refractivity contribution in [3.05, 3.63) is 70.2 Å². The summed E-state index contributed by atoms with van der Waals surface area (Å²) in [6.45, 7) is 0. The lowest BCUT2D eigenvalue weighted by molar-refractivity contribution is 0.0771. The summed E-state index contributed by atoms with van der Waals surface area (Å²) in [5.74, 6) is -0.320. The van der Waals surface area contributed by atoms with Crippen molar-refractivity contribution in [3.8, 4) is 0 Å². The average molecular weight is 261 g/mol. The highest BCUT2D eigenvalue weighted by Crippen LogP contribution is 2.49. The maximum atomic E-state index is 10.3. The molecule has 2 aromatic rings. The van der Waals surface area contributed by atoms with E-state index in [1.165, 1.54) is 0 Å². The van der Waals surface area contributed by atoms with Crippen LogP contribution < -0.4 is 0 Å². The van der Waals surface area contributed by atoms with Gasteiger partial charge in [-0.3, -0.25) is 0 Å². The van der Waals surface area contributed by atoms with Crippen LogP contribution in [0.25, 0.3) is 0 Å². The number of fused-ring (bicyclic) bond motifs is 1. The van der Waals surface area contributed by atoms with Gasteiger partial charge in [-0.25, -0.2) is 0 Å². The van der Waals surface area contributed by atoms with Gasteiger partial charge in [-0.15, -0.1) is 0 Å². The van der Waals surface area contributed by atoms with Crippen molar-refractivity contribution in [3.63, 3.8) is 0 Å². The molecule has 0 spiro atoms. The lowest BCUT2D eigenvalue weighted by atomic mass is 9.92. The molecule has 0 aromatic heterocycles. The molecule has 2 nitrogen and oxygen atoms in total. The molecule has 0 fully saturated rings. The van der Waals surface area contributed by atoms with Crippen LogP contribution in [0.4, 0.5) is 0 Å². The van der Waals surface area contributed by atoms with Gasteiger partial charge in [-0.05, 0) is 28.8 Å². The highest BCUT2D eigenvalue weighted by molar-refractivity contribution is 6.30. The summed E-state index contributed by atoms with van der Waals surface area (Å²) in [4.78, 5) is 0. The van der Waals surface area contributed by atoms with Crippen molar-refractivity contribution in [1.82, 2.24) is 0 Å². The summed E-state index contributed by atoms with van der Waals surface area (Å²) in [5, 5.41) is 21.3. The van der Waals surface area contributed by atoms with Crippen LogP contribution in [0, 0.1) is 0 Å². The second-order valence-electron chi connectivity index (χ2n) is 4.60. The molecule has 2 N–H and O–H groups in total. The standard InChI is InChI=1S/C15H13ClO2/c16-10-7-5-9(6-8-10)13-14(17)11-3-1-2-4-12(11)15(13)18/h1-8,13-15,17-18H/t13?,14-,15+. The Balaban J connectivity index is 2.03. The number of aliphatic hydroxyl groups excluding tert-OH is 2. The normalized spacial score (nSPS) is 26.1. The highest BCUT2D eigenvalue weighted by Gasteiger charge is 2.39. The van der Waals surface area contributed by atoms with Crippen molar-refractivity contribution in [2.45, 2.75) is 18.1 Å². The molecule has 18 heavy (non-hydrogen) atoms. The highest BCUT2D eigenvalue weighted by atomic mass is 35.5. The molecule has 2 aromatic carbocycles. The summed E-state index contributed by atoms with van der Waals surface area (Å²) >= 11 is 5.86. The van der Waals surface area contributed by atoms with E-state index in [-0.39, 0.29) is 5.92 Å². The Morgan fingerprint density at radius 3 is 1.78 bits per heavy atom. The van der Waals surface area contributed by atoms with Crippen LogP contribution in [0.1, 0.15) is 34.8 Å². The Morgan fingerprint density at radius 2 is 1.28 bits per heavy atom. The van der Waals surface area contributed by atoms with Gasteiger partial charge in [-0.1, -0.05) is 48.0 Å². The lowest BCUT2D eigenvalue weighted by Gasteiger charge is -2.19. The molecule has 0 amide bonds. The lowest BCUT2D eigenvalue weighted by Crippen LogP contribution is -2.09. The first-order chi connectivity index (χ1) is 8.68. The minimum absolute atomic E-state index is 0.320. The fourth-order valence-corrected chi connectivity index (χ4v) is 2.78. The molecular formula is C15H13ClO2. The molecule has 92 valence electrons. The van der Waals surface area contributed by atoms with Crippen LogP contribution in [-0.4, -0.2) is 10.2 Å². The zero-order valence-corrected chi connectivity index (χ0v) is 10.4. The zero-order chi connectivity index (χ0) is 12.7. The first-order valence-corrected chi connectivity index (χ1v) is 6.26. The Labute approximate surface area is 110 Å². The topological polar surface area (TPSA) is 40.5 Å². The smallest absolute Gasteiger partial charge is 0.0890 e. The molecule has 0 saturated heterocycles.